The molecule has 10 heteroatoms. The molecule has 0 aliphatic carbocycles. The first-order valence-corrected chi connectivity index (χ1v) is 10.8. The van der Waals surface area contributed by atoms with Gasteiger partial charge in [0.2, 0.25) is 0 Å². The van der Waals surface area contributed by atoms with Crippen molar-refractivity contribution < 1.29 is 14.0 Å². The summed E-state index contributed by atoms with van der Waals surface area (Å²) in [6.07, 6.45) is 1.91. The van der Waals surface area contributed by atoms with Crippen LogP contribution in [0.5, 0.6) is 0 Å². The maximum absolute atomic E-state index is 13.7. The zero-order valence-corrected chi connectivity index (χ0v) is 17.8. The van der Waals surface area contributed by atoms with Gasteiger partial charge in [0.15, 0.2) is 0 Å². The Bertz CT molecular complexity index is 857. The second-order valence-electron chi connectivity index (χ2n) is 6.48. The first kappa shape index (κ1) is 22.5. The molecule has 2 saturated heterocycles. The fraction of sp³-hybridized carbons (Fsp3) is 0.300. The summed E-state index contributed by atoms with van der Waals surface area (Å²) >= 11 is 7.51. The number of amides is 2. The van der Waals surface area contributed by atoms with Crippen LogP contribution in [-0.2, 0) is 4.79 Å². The molecule has 160 valence electrons. The highest BCUT2D eigenvalue weighted by Crippen LogP contribution is 2.32. The second-order valence-corrected chi connectivity index (χ2v) is 7.92. The highest BCUT2D eigenvalue weighted by molar-refractivity contribution is 7.97. The van der Waals surface area contributed by atoms with Crippen molar-refractivity contribution in [2.75, 3.05) is 30.3 Å². The molecule has 2 fully saturated rings. The highest BCUT2D eigenvalue weighted by Gasteiger charge is 2.33. The van der Waals surface area contributed by atoms with Gasteiger partial charge in [-0.15, -0.1) is 0 Å². The molecule has 2 aromatic rings. The zero-order chi connectivity index (χ0) is 21.3. The first-order chi connectivity index (χ1) is 14.6. The Hall–Kier alpha value is -2.17. The number of benzene rings is 2. The smallest absolute Gasteiger partial charge is 0.301 e. The van der Waals surface area contributed by atoms with E-state index >= 15 is 0 Å². The molecule has 2 heterocycles. The van der Waals surface area contributed by atoms with Crippen LogP contribution in [0.4, 0.5) is 14.9 Å². The second kappa shape index (κ2) is 11.3. The number of aldehydes is 1. The van der Waals surface area contributed by atoms with Crippen molar-refractivity contribution in [1.82, 2.24) is 20.7 Å². The van der Waals surface area contributed by atoms with E-state index in [9.17, 15) is 14.0 Å². The molecule has 2 aliphatic heterocycles. The predicted octanol–water partition coefficient (Wildman–Crippen LogP) is 3.30. The lowest BCUT2D eigenvalue weighted by Crippen LogP contribution is -2.46. The lowest BCUT2D eigenvalue weighted by molar-refractivity contribution is -0.109. The molecule has 0 saturated carbocycles. The molecule has 4 rings (SSSR count). The molecule has 0 aromatic heterocycles. The number of halogens is 2. The number of carbonyl (C=O) groups is 2. The van der Waals surface area contributed by atoms with Crippen LogP contribution in [0.2, 0.25) is 5.02 Å². The molecule has 1 unspecified atom stereocenters. The van der Waals surface area contributed by atoms with Gasteiger partial charge >= 0.3 is 6.03 Å². The molecule has 0 bridgehead atoms. The summed E-state index contributed by atoms with van der Waals surface area (Å²) in [5.41, 5.74) is 9.62. The Balaban J connectivity index is 0.000000448. The topological polar surface area (TPSA) is 76.7 Å². The van der Waals surface area contributed by atoms with Crippen LogP contribution in [-0.4, -0.2) is 42.1 Å². The molecular formula is C20H23ClFN5O2S. The minimum Gasteiger partial charge on any atom is -0.301 e. The van der Waals surface area contributed by atoms with Crippen molar-refractivity contribution in [2.24, 2.45) is 0 Å². The van der Waals surface area contributed by atoms with Gasteiger partial charge in [-0.25, -0.2) is 14.6 Å². The monoisotopic (exact) mass is 451 g/mol. The summed E-state index contributed by atoms with van der Waals surface area (Å²) < 4.78 is 15.1. The van der Waals surface area contributed by atoms with E-state index in [1.165, 1.54) is 45.9 Å². The summed E-state index contributed by atoms with van der Waals surface area (Å²) in [7, 11) is 0. The number of nitrogens with zero attached hydrogens (tertiary/aromatic N) is 2. The van der Waals surface area contributed by atoms with E-state index < -0.39 is 17.9 Å². The summed E-state index contributed by atoms with van der Waals surface area (Å²) in [5, 5.41) is 0.357. The predicted molar refractivity (Wildman–Crippen MR) is 117 cm³/mol. The lowest BCUT2D eigenvalue weighted by Gasteiger charge is -2.31. The molecule has 1 atom stereocenters. The molecule has 2 amide bonds. The first-order valence-electron chi connectivity index (χ1n) is 9.52. The third-order valence-electron chi connectivity index (χ3n) is 4.40. The Morgan fingerprint density at radius 1 is 1.17 bits per heavy atom. The van der Waals surface area contributed by atoms with Crippen molar-refractivity contribution in [1.29, 1.82) is 0 Å². The van der Waals surface area contributed by atoms with E-state index in [2.05, 4.69) is 16.3 Å². The van der Waals surface area contributed by atoms with E-state index in [1.54, 1.807) is 30.3 Å². The van der Waals surface area contributed by atoms with E-state index in [1.807, 2.05) is 0 Å². The van der Waals surface area contributed by atoms with Gasteiger partial charge in [-0.05, 0) is 42.6 Å². The summed E-state index contributed by atoms with van der Waals surface area (Å²) in [5.74, 6) is 0.224. The number of urea groups is 1. The van der Waals surface area contributed by atoms with E-state index in [0.717, 1.165) is 18.8 Å². The summed E-state index contributed by atoms with van der Waals surface area (Å²) in [6.45, 7) is 2.91. The molecule has 0 radical (unpaired) electrons. The maximum atomic E-state index is 13.7. The van der Waals surface area contributed by atoms with Crippen LogP contribution in [0.15, 0.2) is 48.5 Å². The molecule has 2 aliphatic rings. The van der Waals surface area contributed by atoms with E-state index in [0.29, 0.717) is 23.4 Å². The average Bonchev–Trinajstić information content (AvgIpc) is 3.49. The Kier molecular flexibility index (Phi) is 8.47. The van der Waals surface area contributed by atoms with Crippen LogP contribution < -0.4 is 21.2 Å². The molecule has 2 aromatic carbocycles. The molecule has 7 nitrogen and oxygen atoms in total. The normalized spacial score (nSPS) is 16.5. The molecular weight excluding hydrogens is 429 g/mol. The SMILES string of the molecule is C1CNNC1.O=CC(c1ccccc1Cl)N(C(=O)N1NCCS1)c1cccc(F)c1. The van der Waals surface area contributed by atoms with Crippen LogP contribution >= 0.6 is 23.5 Å². The number of hydrogen-bond donors (Lipinski definition) is 3. The number of rotatable bonds is 4. The molecule has 3 N–H and O–H groups in total. The number of nitrogens with one attached hydrogen (secondary N) is 3. The van der Waals surface area contributed by atoms with E-state index in [-0.39, 0.29) is 5.69 Å². The number of hydrogen-bond acceptors (Lipinski definition) is 6. The van der Waals surface area contributed by atoms with Gasteiger partial charge in [0.1, 0.15) is 18.1 Å². The summed E-state index contributed by atoms with van der Waals surface area (Å²) in [4.78, 5) is 26.1. The van der Waals surface area contributed by atoms with Gasteiger partial charge in [-0.2, -0.15) is 4.41 Å². The van der Waals surface area contributed by atoms with Crippen molar-refractivity contribution in [3.8, 4) is 0 Å². The minimum atomic E-state index is -0.981. The van der Waals surface area contributed by atoms with Gasteiger partial charge in [-0.1, -0.05) is 35.9 Å². The van der Waals surface area contributed by atoms with Crippen LogP contribution in [0, 0.1) is 5.82 Å². The van der Waals surface area contributed by atoms with Crippen molar-refractivity contribution in [3.63, 3.8) is 0 Å². The van der Waals surface area contributed by atoms with Crippen LogP contribution in [0.1, 0.15) is 18.0 Å². The van der Waals surface area contributed by atoms with Crippen LogP contribution in [0.3, 0.4) is 0 Å². The average molecular weight is 452 g/mol. The largest absolute Gasteiger partial charge is 0.350 e. The molecule has 30 heavy (non-hydrogen) atoms. The maximum Gasteiger partial charge on any atom is 0.350 e. The van der Waals surface area contributed by atoms with Gasteiger partial charge in [-0.3, -0.25) is 15.8 Å². The Morgan fingerprint density at radius 3 is 2.50 bits per heavy atom. The minimum absolute atomic E-state index is 0.274. The number of anilines is 1. The van der Waals surface area contributed by atoms with E-state index in [4.69, 9.17) is 11.6 Å². The van der Waals surface area contributed by atoms with Gasteiger partial charge in [0, 0.05) is 41.7 Å². The highest BCUT2D eigenvalue weighted by atomic mass is 35.5. The van der Waals surface area contributed by atoms with Crippen molar-refractivity contribution >= 4 is 41.6 Å². The van der Waals surface area contributed by atoms with Crippen LogP contribution in [0.25, 0.3) is 0 Å². The van der Waals surface area contributed by atoms with Gasteiger partial charge in [0.25, 0.3) is 0 Å². The Morgan fingerprint density at radius 2 is 1.93 bits per heavy atom. The lowest BCUT2D eigenvalue weighted by atomic mass is 10.1. The fourth-order valence-electron chi connectivity index (χ4n) is 3.00. The molecule has 0 spiro atoms. The summed E-state index contributed by atoms with van der Waals surface area (Å²) in [6, 6.07) is 10.9. The quantitative estimate of drug-likeness (QED) is 0.489. The number of hydrazine groups is 2. The zero-order valence-electron chi connectivity index (χ0n) is 16.2. The number of carbonyl (C=O) groups excluding carboxylic acids is 2. The standard InChI is InChI=1S/C17H15ClFN3O2S.C3H8N2/c18-15-7-2-1-6-14(15)16(11-23)21(13-5-3-4-12(19)10-13)17(24)22-20-8-9-25-22;1-2-4-5-3-1/h1-7,10-11,16,20H,8-9H2;4-5H,1-3H2. The van der Waals surface area contributed by atoms with Crippen molar-refractivity contribution in [3.05, 3.63) is 64.9 Å². The third-order valence-corrected chi connectivity index (χ3v) is 5.68. The van der Waals surface area contributed by atoms with Crippen molar-refractivity contribution in [2.45, 2.75) is 12.5 Å². The fourth-order valence-corrected chi connectivity index (χ4v) is 3.99. The van der Waals surface area contributed by atoms with Gasteiger partial charge in [0.05, 0.1) is 0 Å². The third kappa shape index (κ3) is 5.71. The Labute approximate surface area is 184 Å². The van der Waals surface area contributed by atoms with Gasteiger partial charge < -0.3 is 4.79 Å².